The lowest BCUT2D eigenvalue weighted by atomic mass is 9.52. The quantitative estimate of drug-likeness (QED) is 0.294. The van der Waals surface area contributed by atoms with Crippen LogP contribution in [0.5, 0.6) is 0 Å². The minimum Gasteiger partial charge on any atom is -0.404 e. The van der Waals surface area contributed by atoms with Gasteiger partial charge in [-0.2, -0.15) is 0 Å². The maximum atomic E-state index is 10.7. The summed E-state index contributed by atoms with van der Waals surface area (Å²) in [5.41, 5.74) is 0. The minimum atomic E-state index is -0.146. The van der Waals surface area contributed by atoms with Crippen LogP contribution in [0.1, 0.15) is 12.8 Å². The van der Waals surface area contributed by atoms with Crippen LogP contribution in [-0.4, -0.2) is 48.5 Å². The highest BCUT2D eigenvalue weighted by atomic mass is 16.5. The molecule has 1 heterocycles. The van der Waals surface area contributed by atoms with Crippen LogP contribution in [0.25, 0.3) is 0 Å². The van der Waals surface area contributed by atoms with Crippen LogP contribution in [0.15, 0.2) is 0 Å². The Morgan fingerprint density at radius 1 is 1.17 bits per heavy atom. The van der Waals surface area contributed by atoms with Gasteiger partial charge in [0.2, 0.25) is 0 Å². The van der Waals surface area contributed by atoms with Gasteiger partial charge in [-0.15, -0.1) is 0 Å². The fraction of sp³-hybridized carbons (Fsp3) is 0.833. The van der Waals surface area contributed by atoms with Crippen molar-refractivity contribution in [2.24, 2.45) is 5.92 Å². The van der Waals surface area contributed by atoms with Crippen molar-refractivity contribution >= 4 is 37.7 Å². The normalized spacial score (nSPS) is 28.0. The van der Waals surface area contributed by atoms with Gasteiger partial charge in [-0.3, -0.25) is 0 Å². The van der Waals surface area contributed by atoms with E-state index in [-0.39, 0.29) is 16.7 Å². The molecular formula is C6H14B4O2. The number of hydrogen-bond acceptors (Lipinski definition) is 2. The van der Waals surface area contributed by atoms with Crippen molar-refractivity contribution in [3.8, 4) is 0 Å². The zero-order valence-electron chi connectivity index (χ0n) is 8.39. The molecule has 0 aromatic rings. The van der Waals surface area contributed by atoms with E-state index < -0.39 is 0 Å². The summed E-state index contributed by atoms with van der Waals surface area (Å²) >= 11 is 0. The Hall–Kier alpha value is -0.110. The van der Waals surface area contributed by atoms with Crippen molar-refractivity contribution in [1.29, 1.82) is 0 Å². The lowest BCUT2D eigenvalue weighted by Gasteiger charge is -2.45. The molecule has 0 saturated carbocycles. The summed E-state index contributed by atoms with van der Waals surface area (Å²) in [7, 11) is 8.18. The number of carbonyl (C=O) groups is 1. The molecule has 1 aliphatic rings. The SMILES string of the molecule is BC1(B)CC(C=O)CC(B)(B)O1. The Bertz CT molecular complexity index is 176. The summed E-state index contributed by atoms with van der Waals surface area (Å²) in [5.74, 6) is 0.170. The van der Waals surface area contributed by atoms with Gasteiger partial charge in [0.05, 0.1) is 0 Å². The largest absolute Gasteiger partial charge is 0.404 e. The van der Waals surface area contributed by atoms with Crippen LogP contribution in [0.2, 0.25) is 0 Å². The third-order valence-corrected chi connectivity index (χ3v) is 2.25. The highest BCUT2D eigenvalue weighted by Crippen LogP contribution is 2.31. The van der Waals surface area contributed by atoms with Crippen molar-refractivity contribution in [3.05, 3.63) is 0 Å². The van der Waals surface area contributed by atoms with Gasteiger partial charge in [-0.1, -0.05) is 0 Å². The average molecular weight is 161 g/mol. The standard InChI is InChI=1S/C6H14B4O2/c7-5(8)1-4(3-11)2-6(9,10)12-5/h3-4H,1-2,7-10H2. The molecule has 0 radical (unpaired) electrons. The molecule has 0 aromatic carbocycles. The van der Waals surface area contributed by atoms with Gasteiger partial charge in [-0.05, 0) is 12.8 Å². The summed E-state index contributed by atoms with van der Waals surface area (Å²) in [4.78, 5) is 10.7. The molecule has 0 amide bonds. The third kappa shape index (κ3) is 2.44. The Balaban J connectivity index is 2.72. The molecule has 1 rings (SSSR count). The molecule has 0 atom stereocenters. The van der Waals surface area contributed by atoms with Gasteiger partial charge in [0.15, 0.2) is 0 Å². The number of ether oxygens (including phenoxy) is 1. The van der Waals surface area contributed by atoms with E-state index >= 15 is 0 Å². The van der Waals surface area contributed by atoms with Crippen molar-refractivity contribution in [3.63, 3.8) is 0 Å². The predicted molar refractivity (Wildman–Crippen MR) is 59.5 cm³/mol. The minimum absolute atomic E-state index is 0.146. The molecule has 1 saturated heterocycles. The predicted octanol–water partition coefficient (Wildman–Crippen LogP) is -3.55. The molecule has 12 heavy (non-hydrogen) atoms. The van der Waals surface area contributed by atoms with Crippen LogP contribution < -0.4 is 0 Å². The van der Waals surface area contributed by atoms with Crippen LogP contribution >= 0.6 is 0 Å². The van der Waals surface area contributed by atoms with E-state index in [0.29, 0.717) is 0 Å². The van der Waals surface area contributed by atoms with Crippen molar-refractivity contribution < 1.29 is 9.53 Å². The van der Waals surface area contributed by atoms with E-state index in [1.807, 2.05) is 31.4 Å². The lowest BCUT2D eigenvalue weighted by Crippen LogP contribution is -2.53. The number of rotatable bonds is 1. The lowest BCUT2D eigenvalue weighted by molar-refractivity contribution is -0.117. The maximum Gasteiger partial charge on any atom is 0.131 e. The monoisotopic (exact) mass is 162 g/mol. The van der Waals surface area contributed by atoms with Gasteiger partial charge in [0, 0.05) is 16.7 Å². The number of aldehydes is 1. The molecule has 0 aromatic heterocycles. The Morgan fingerprint density at radius 3 is 1.92 bits per heavy atom. The molecule has 62 valence electrons. The summed E-state index contributed by atoms with van der Waals surface area (Å²) in [6.45, 7) is 0. The zero-order valence-corrected chi connectivity index (χ0v) is 8.39. The van der Waals surface area contributed by atoms with Crippen molar-refractivity contribution in [1.82, 2.24) is 0 Å². The van der Waals surface area contributed by atoms with Crippen LogP contribution in [0.4, 0.5) is 0 Å². The topological polar surface area (TPSA) is 26.3 Å². The van der Waals surface area contributed by atoms with Crippen molar-refractivity contribution in [2.75, 3.05) is 0 Å². The van der Waals surface area contributed by atoms with Crippen molar-refractivity contribution in [2.45, 2.75) is 23.6 Å². The van der Waals surface area contributed by atoms with Crippen LogP contribution in [-0.2, 0) is 9.53 Å². The second-order valence-corrected chi connectivity index (χ2v) is 4.93. The van der Waals surface area contributed by atoms with Crippen LogP contribution in [0, 0.1) is 5.92 Å². The van der Waals surface area contributed by atoms with Gasteiger partial charge < -0.3 is 9.53 Å². The second kappa shape index (κ2) is 2.98. The smallest absolute Gasteiger partial charge is 0.131 e. The van der Waals surface area contributed by atoms with Gasteiger partial charge >= 0.3 is 0 Å². The summed E-state index contributed by atoms with van der Waals surface area (Å²) in [6, 6.07) is 0. The zero-order chi connectivity index (χ0) is 9.41. The maximum absolute atomic E-state index is 10.7. The molecule has 0 spiro atoms. The first-order valence-electron chi connectivity index (χ1n) is 4.50. The first-order valence-corrected chi connectivity index (χ1v) is 4.50. The first kappa shape index (κ1) is 9.97. The highest BCUT2D eigenvalue weighted by Gasteiger charge is 2.38. The molecule has 0 aliphatic carbocycles. The van der Waals surface area contributed by atoms with E-state index in [4.69, 9.17) is 4.74 Å². The average Bonchev–Trinajstić information content (AvgIpc) is 1.80. The number of carbonyl (C=O) groups excluding carboxylic acids is 1. The summed E-state index contributed by atoms with van der Waals surface area (Å²) in [5, 5.41) is -0.291. The summed E-state index contributed by atoms with van der Waals surface area (Å²) in [6.07, 6.45) is 2.76. The molecular weight excluding hydrogens is 147 g/mol. The Morgan fingerprint density at radius 2 is 1.58 bits per heavy atom. The molecule has 1 aliphatic heterocycles. The molecule has 6 heteroatoms. The molecule has 1 fully saturated rings. The number of hydrogen-bond donors (Lipinski definition) is 0. The molecule has 0 unspecified atom stereocenters. The van der Waals surface area contributed by atoms with E-state index in [9.17, 15) is 4.79 Å². The second-order valence-electron chi connectivity index (χ2n) is 4.93. The fourth-order valence-corrected chi connectivity index (χ4v) is 2.26. The third-order valence-electron chi connectivity index (χ3n) is 2.25. The van der Waals surface area contributed by atoms with Gasteiger partial charge in [0.1, 0.15) is 37.7 Å². The van der Waals surface area contributed by atoms with Gasteiger partial charge in [-0.25, -0.2) is 0 Å². The van der Waals surface area contributed by atoms with E-state index in [1.165, 1.54) is 0 Å². The molecule has 0 bridgehead atoms. The molecule has 2 nitrogen and oxygen atoms in total. The highest BCUT2D eigenvalue weighted by molar-refractivity contribution is 6.42. The van der Waals surface area contributed by atoms with Gasteiger partial charge in [0.25, 0.3) is 0 Å². The van der Waals surface area contributed by atoms with E-state index in [0.717, 1.165) is 19.1 Å². The molecule has 0 N–H and O–H groups in total. The van der Waals surface area contributed by atoms with E-state index in [2.05, 4.69) is 0 Å². The Kier molecular flexibility index (Phi) is 2.48. The van der Waals surface area contributed by atoms with E-state index in [1.54, 1.807) is 0 Å². The fourth-order valence-electron chi connectivity index (χ4n) is 2.26. The summed E-state index contributed by atoms with van der Waals surface area (Å²) < 4.78 is 5.83. The van der Waals surface area contributed by atoms with Crippen LogP contribution in [0.3, 0.4) is 0 Å². The first-order chi connectivity index (χ1) is 5.35. The Labute approximate surface area is 77.4 Å².